The van der Waals surface area contributed by atoms with Crippen LogP contribution in [-0.4, -0.2) is 38.0 Å². The van der Waals surface area contributed by atoms with Crippen LogP contribution >= 0.6 is 0 Å². The van der Waals surface area contributed by atoms with Crippen molar-refractivity contribution >= 4 is 27.2 Å². The minimum atomic E-state index is -0.857. The fraction of sp³-hybridized carbons (Fsp3) is 1.00. The first-order valence-corrected chi connectivity index (χ1v) is 13.5. The Hall–Kier alpha value is 0.611. The van der Waals surface area contributed by atoms with Crippen molar-refractivity contribution in [1.82, 2.24) is 4.23 Å². The Morgan fingerprint density at radius 2 is 1.89 bits per heavy atom. The van der Waals surface area contributed by atoms with Crippen molar-refractivity contribution in [2.24, 2.45) is 0 Å². The lowest BCUT2D eigenvalue weighted by atomic mass is 10.8. The van der Waals surface area contributed by atoms with Gasteiger partial charge in [-0.3, -0.25) is 0 Å². The Balaban J connectivity index is 3.79. The van der Waals surface area contributed by atoms with Crippen molar-refractivity contribution in [2.45, 2.75) is 26.6 Å². The van der Waals surface area contributed by atoms with Gasteiger partial charge in [0.1, 0.15) is 8.24 Å². The normalized spacial score (nSPS) is 14.3. The molecule has 0 aromatic carbocycles. The first-order chi connectivity index (χ1) is 4.02. The maximum atomic E-state index is 2.78. The maximum absolute atomic E-state index is 2.78. The second kappa shape index (κ2) is 3.70. The molecule has 0 saturated carbocycles. The number of hydrogen-bond donors (Lipinski definition) is 0. The molecular formula is C5H19NSi3. The van der Waals surface area contributed by atoms with Crippen LogP contribution in [0.5, 0.6) is 0 Å². The molecule has 0 aliphatic carbocycles. The Kier molecular flexibility index (Phi) is 3.95. The van der Waals surface area contributed by atoms with Gasteiger partial charge < -0.3 is 4.23 Å². The quantitative estimate of drug-likeness (QED) is 0.526. The van der Waals surface area contributed by atoms with Crippen LogP contribution in [0.25, 0.3) is 0 Å². The fourth-order valence-corrected chi connectivity index (χ4v) is 16.2. The van der Waals surface area contributed by atoms with E-state index < -0.39 is 8.24 Å². The minimum absolute atomic E-state index is 0.258. The summed E-state index contributed by atoms with van der Waals surface area (Å²) in [4.78, 5) is 0. The summed E-state index contributed by atoms with van der Waals surface area (Å²) in [5, 5.41) is 0. The molecule has 9 heavy (non-hydrogen) atoms. The molecule has 0 amide bonds. The highest BCUT2D eigenvalue weighted by Crippen LogP contribution is 2.05. The standard InChI is InChI=1S/C5H19NSi3/c1-5-6(8-7)9(2,3)4/h5,8H2,1-4,7H3. The molecular weight excluding hydrogens is 158 g/mol. The Bertz CT molecular complexity index is 74.8. The highest BCUT2D eigenvalue weighted by atomic mass is 29.1. The number of nitrogens with zero attached hydrogens (tertiary/aromatic N) is 1. The fourth-order valence-electron chi connectivity index (χ4n) is 1.17. The van der Waals surface area contributed by atoms with Crippen LogP contribution in [0.1, 0.15) is 6.92 Å². The lowest BCUT2D eigenvalue weighted by Gasteiger charge is -2.31. The van der Waals surface area contributed by atoms with Crippen molar-refractivity contribution in [3.63, 3.8) is 0 Å². The topological polar surface area (TPSA) is 3.24 Å². The molecule has 56 valence electrons. The molecule has 0 aliphatic rings. The van der Waals surface area contributed by atoms with E-state index in [9.17, 15) is 0 Å². The summed E-state index contributed by atoms with van der Waals surface area (Å²) >= 11 is 0. The van der Waals surface area contributed by atoms with E-state index in [-0.39, 0.29) is 9.20 Å². The molecule has 0 aromatic rings. The van der Waals surface area contributed by atoms with E-state index >= 15 is 0 Å². The Labute approximate surface area is 65.0 Å². The van der Waals surface area contributed by atoms with E-state index in [4.69, 9.17) is 0 Å². The SMILES string of the molecule is CCN([SiH2][SiH3])[Si](C)(C)C. The third-order valence-corrected chi connectivity index (χ3v) is 13.1. The first kappa shape index (κ1) is 9.61. The monoisotopic (exact) mass is 177 g/mol. The van der Waals surface area contributed by atoms with Gasteiger partial charge in [0.15, 0.2) is 0 Å². The van der Waals surface area contributed by atoms with Gasteiger partial charge in [-0.15, -0.1) is 0 Å². The molecule has 0 N–H and O–H groups in total. The van der Waals surface area contributed by atoms with Gasteiger partial charge in [-0.1, -0.05) is 26.6 Å². The van der Waals surface area contributed by atoms with Crippen LogP contribution in [0.4, 0.5) is 0 Å². The smallest absolute Gasteiger partial charge is 0.111 e. The zero-order valence-electron chi connectivity index (χ0n) is 7.36. The van der Waals surface area contributed by atoms with Crippen LogP contribution in [0, 0.1) is 0 Å². The summed E-state index contributed by atoms with van der Waals surface area (Å²) in [6.07, 6.45) is 0. The second-order valence-corrected chi connectivity index (χ2v) is 12.2. The van der Waals surface area contributed by atoms with Gasteiger partial charge in [-0.05, 0) is 6.54 Å². The summed E-state index contributed by atoms with van der Waals surface area (Å²) in [5.74, 6) is 0. The van der Waals surface area contributed by atoms with Crippen molar-refractivity contribution in [3.05, 3.63) is 0 Å². The number of hydrogen-bond acceptors (Lipinski definition) is 1. The van der Waals surface area contributed by atoms with Crippen molar-refractivity contribution in [3.8, 4) is 0 Å². The summed E-state index contributed by atoms with van der Waals surface area (Å²) in [6, 6.07) is 0. The van der Waals surface area contributed by atoms with E-state index in [1.807, 2.05) is 0 Å². The highest BCUT2D eigenvalue weighted by molar-refractivity contribution is 6.95. The maximum Gasteiger partial charge on any atom is 0.111 e. The van der Waals surface area contributed by atoms with E-state index in [0.29, 0.717) is 0 Å². The van der Waals surface area contributed by atoms with Crippen molar-refractivity contribution in [1.29, 1.82) is 0 Å². The van der Waals surface area contributed by atoms with Gasteiger partial charge in [-0.25, -0.2) is 0 Å². The van der Waals surface area contributed by atoms with E-state index in [2.05, 4.69) is 30.8 Å². The van der Waals surface area contributed by atoms with Crippen LogP contribution in [-0.2, 0) is 0 Å². The van der Waals surface area contributed by atoms with Crippen molar-refractivity contribution < 1.29 is 0 Å². The largest absolute Gasteiger partial charge is 0.353 e. The van der Waals surface area contributed by atoms with E-state index in [1.165, 1.54) is 16.3 Å². The molecule has 0 bridgehead atoms. The molecule has 0 atom stereocenters. The van der Waals surface area contributed by atoms with Crippen LogP contribution in [0.3, 0.4) is 0 Å². The van der Waals surface area contributed by atoms with Gasteiger partial charge in [0.05, 0.1) is 9.20 Å². The summed E-state index contributed by atoms with van der Waals surface area (Å²) in [6.45, 7) is 10.9. The van der Waals surface area contributed by atoms with Gasteiger partial charge in [0.2, 0.25) is 0 Å². The molecule has 0 rings (SSSR count). The average Bonchev–Trinajstić information content (AvgIpc) is 1.65. The molecule has 0 spiro atoms. The first-order valence-electron chi connectivity index (χ1n) is 3.77. The molecule has 0 radical (unpaired) electrons. The molecule has 1 nitrogen and oxygen atoms in total. The van der Waals surface area contributed by atoms with Gasteiger partial charge in [0.25, 0.3) is 0 Å². The average molecular weight is 177 g/mol. The molecule has 0 aliphatic heterocycles. The van der Waals surface area contributed by atoms with Crippen LogP contribution in [0.2, 0.25) is 19.6 Å². The Morgan fingerprint density at radius 3 is 1.89 bits per heavy atom. The molecule has 0 fully saturated rings. The molecule has 0 unspecified atom stereocenters. The zero-order chi connectivity index (χ0) is 7.49. The van der Waals surface area contributed by atoms with Crippen molar-refractivity contribution in [2.75, 3.05) is 6.54 Å². The predicted octanol–water partition coefficient (Wildman–Crippen LogP) is -0.493. The zero-order valence-corrected chi connectivity index (χ0v) is 11.8. The lowest BCUT2D eigenvalue weighted by molar-refractivity contribution is 0.692. The van der Waals surface area contributed by atoms with Gasteiger partial charge >= 0.3 is 0 Å². The van der Waals surface area contributed by atoms with Gasteiger partial charge in [0, 0.05) is 9.76 Å². The summed E-state index contributed by atoms with van der Waals surface area (Å²) in [7, 11) is 0.863. The molecule has 0 heterocycles. The van der Waals surface area contributed by atoms with Crippen LogP contribution in [0.15, 0.2) is 0 Å². The predicted molar refractivity (Wildman–Crippen MR) is 54.2 cm³/mol. The van der Waals surface area contributed by atoms with Crippen LogP contribution < -0.4 is 0 Å². The summed E-state index contributed by atoms with van der Waals surface area (Å²) < 4.78 is 2.78. The lowest BCUT2D eigenvalue weighted by Crippen LogP contribution is -2.48. The second-order valence-electron chi connectivity index (χ2n) is 3.34. The molecule has 0 saturated heterocycles. The van der Waals surface area contributed by atoms with E-state index in [0.717, 1.165) is 0 Å². The molecule has 0 aromatic heterocycles. The summed E-state index contributed by atoms with van der Waals surface area (Å²) in [5.41, 5.74) is 0. The minimum Gasteiger partial charge on any atom is -0.353 e. The third-order valence-electron chi connectivity index (χ3n) is 1.71. The number of rotatable bonds is 3. The van der Waals surface area contributed by atoms with Gasteiger partial charge in [-0.2, -0.15) is 0 Å². The third kappa shape index (κ3) is 3.34. The Morgan fingerprint density at radius 1 is 1.44 bits per heavy atom. The molecule has 4 heteroatoms. The highest BCUT2D eigenvalue weighted by Gasteiger charge is 2.19. The van der Waals surface area contributed by atoms with E-state index in [1.54, 1.807) is 0 Å².